The molecular formula is C16H11Cl2N2O3S-. The van der Waals surface area contributed by atoms with E-state index in [0.29, 0.717) is 11.3 Å². The van der Waals surface area contributed by atoms with Gasteiger partial charge in [0.2, 0.25) is 0 Å². The van der Waals surface area contributed by atoms with Crippen LogP contribution in [0, 0.1) is 6.92 Å². The van der Waals surface area contributed by atoms with Crippen molar-refractivity contribution < 1.29 is 14.7 Å². The maximum absolute atomic E-state index is 12.2. The molecule has 0 bridgehead atoms. The van der Waals surface area contributed by atoms with Crippen LogP contribution in [0.15, 0.2) is 36.4 Å². The highest BCUT2D eigenvalue weighted by Crippen LogP contribution is 2.25. The zero-order chi connectivity index (χ0) is 17.9. The number of hydrogen-bond donors (Lipinski definition) is 2. The van der Waals surface area contributed by atoms with Crippen molar-refractivity contribution in [3.63, 3.8) is 0 Å². The van der Waals surface area contributed by atoms with Gasteiger partial charge in [0.05, 0.1) is 21.6 Å². The van der Waals surface area contributed by atoms with Crippen molar-refractivity contribution in [3.05, 3.63) is 63.1 Å². The second-order valence-electron chi connectivity index (χ2n) is 4.78. The number of aromatic carboxylic acids is 1. The number of hydrogen-bond acceptors (Lipinski definition) is 4. The summed E-state index contributed by atoms with van der Waals surface area (Å²) < 4.78 is 0. The standard InChI is InChI=1S/C16H12Cl2N2O3S/c1-8-9(15(22)23)4-3-7-12(8)19-16(24)20-14(21)10-5-2-6-11(17)13(10)18/h2-7H,1H3,(H,22,23)(H2,19,20,21,24)/p-1. The highest BCUT2D eigenvalue weighted by Gasteiger charge is 2.14. The van der Waals surface area contributed by atoms with E-state index in [9.17, 15) is 14.7 Å². The lowest BCUT2D eigenvalue weighted by molar-refractivity contribution is -0.255. The first-order valence-electron chi connectivity index (χ1n) is 6.68. The fourth-order valence-electron chi connectivity index (χ4n) is 2.00. The Hall–Kier alpha value is -2.15. The summed E-state index contributed by atoms with van der Waals surface area (Å²) in [4.78, 5) is 23.2. The zero-order valence-electron chi connectivity index (χ0n) is 12.4. The predicted molar refractivity (Wildman–Crippen MR) is 95.7 cm³/mol. The molecule has 0 spiro atoms. The third-order valence-corrected chi connectivity index (χ3v) is 4.25. The van der Waals surface area contributed by atoms with E-state index in [0.717, 1.165) is 0 Å². The molecular weight excluding hydrogens is 371 g/mol. The van der Waals surface area contributed by atoms with E-state index in [1.165, 1.54) is 12.1 Å². The fraction of sp³-hybridized carbons (Fsp3) is 0.0625. The number of carbonyl (C=O) groups excluding carboxylic acids is 2. The first-order valence-corrected chi connectivity index (χ1v) is 7.85. The van der Waals surface area contributed by atoms with Crippen LogP contribution in [0.3, 0.4) is 0 Å². The number of benzene rings is 2. The van der Waals surface area contributed by atoms with Crippen LogP contribution < -0.4 is 15.7 Å². The number of rotatable bonds is 3. The van der Waals surface area contributed by atoms with Crippen LogP contribution in [0.4, 0.5) is 5.69 Å². The molecule has 2 aromatic carbocycles. The largest absolute Gasteiger partial charge is 0.545 e. The summed E-state index contributed by atoms with van der Waals surface area (Å²) in [7, 11) is 0. The molecule has 0 aromatic heterocycles. The Kier molecular flexibility index (Phi) is 5.77. The van der Waals surface area contributed by atoms with Crippen LogP contribution in [-0.4, -0.2) is 17.0 Å². The predicted octanol–water partition coefficient (Wildman–Crippen LogP) is 2.79. The summed E-state index contributed by atoms with van der Waals surface area (Å²) in [5.41, 5.74) is 1.09. The van der Waals surface area contributed by atoms with Gasteiger partial charge in [-0.3, -0.25) is 10.1 Å². The van der Waals surface area contributed by atoms with Crippen molar-refractivity contribution in [1.82, 2.24) is 5.32 Å². The fourth-order valence-corrected chi connectivity index (χ4v) is 2.58. The third kappa shape index (κ3) is 4.03. The van der Waals surface area contributed by atoms with Gasteiger partial charge in [-0.05, 0) is 42.9 Å². The number of halogens is 2. The molecule has 0 aliphatic rings. The number of carbonyl (C=O) groups is 2. The molecule has 24 heavy (non-hydrogen) atoms. The van der Waals surface area contributed by atoms with Gasteiger partial charge in [-0.2, -0.15) is 0 Å². The lowest BCUT2D eigenvalue weighted by Crippen LogP contribution is -2.34. The average Bonchev–Trinajstić information content (AvgIpc) is 2.51. The topological polar surface area (TPSA) is 81.3 Å². The number of thiocarbonyl (C=S) groups is 1. The van der Waals surface area contributed by atoms with Crippen molar-refractivity contribution in [2.24, 2.45) is 0 Å². The zero-order valence-corrected chi connectivity index (χ0v) is 14.7. The molecule has 0 atom stereocenters. The summed E-state index contributed by atoms with van der Waals surface area (Å²) in [5.74, 6) is -1.83. The Labute approximate surface area is 153 Å². The molecule has 124 valence electrons. The van der Waals surface area contributed by atoms with Gasteiger partial charge >= 0.3 is 0 Å². The SMILES string of the molecule is Cc1c(NC(=S)NC(=O)c2cccc(Cl)c2Cl)cccc1C(=O)[O-]. The van der Waals surface area contributed by atoms with E-state index in [2.05, 4.69) is 10.6 Å². The minimum atomic E-state index is -1.29. The van der Waals surface area contributed by atoms with Crippen molar-refractivity contribution >= 4 is 58.1 Å². The molecule has 8 heteroatoms. The van der Waals surface area contributed by atoms with Crippen LogP contribution in [-0.2, 0) is 0 Å². The maximum atomic E-state index is 12.2. The molecule has 0 heterocycles. The van der Waals surface area contributed by atoms with Gasteiger partial charge in [-0.15, -0.1) is 0 Å². The van der Waals surface area contributed by atoms with Gasteiger partial charge in [-0.25, -0.2) is 0 Å². The van der Waals surface area contributed by atoms with Crippen LogP contribution in [0.25, 0.3) is 0 Å². The van der Waals surface area contributed by atoms with Crippen LogP contribution >= 0.6 is 35.4 Å². The number of carboxylic acids is 1. The van der Waals surface area contributed by atoms with Gasteiger partial charge in [0, 0.05) is 11.3 Å². The van der Waals surface area contributed by atoms with E-state index in [1.807, 2.05) is 0 Å². The van der Waals surface area contributed by atoms with Gasteiger partial charge in [-0.1, -0.05) is 41.4 Å². The van der Waals surface area contributed by atoms with Gasteiger partial charge in [0.25, 0.3) is 5.91 Å². The molecule has 0 fully saturated rings. The van der Waals surface area contributed by atoms with Gasteiger partial charge < -0.3 is 15.2 Å². The molecule has 0 saturated carbocycles. The second kappa shape index (κ2) is 7.61. The number of anilines is 1. The Morgan fingerprint density at radius 1 is 1.08 bits per heavy atom. The van der Waals surface area contributed by atoms with E-state index in [4.69, 9.17) is 35.4 Å². The van der Waals surface area contributed by atoms with Crippen LogP contribution in [0.5, 0.6) is 0 Å². The third-order valence-electron chi connectivity index (χ3n) is 3.23. The van der Waals surface area contributed by atoms with E-state index in [-0.39, 0.29) is 26.3 Å². The normalized spacial score (nSPS) is 10.1. The summed E-state index contributed by atoms with van der Waals surface area (Å²) in [6, 6.07) is 9.25. The summed E-state index contributed by atoms with van der Waals surface area (Å²) in [5, 5.41) is 16.6. The molecule has 0 aliphatic heterocycles. The molecule has 0 unspecified atom stereocenters. The monoisotopic (exact) mass is 381 g/mol. The summed E-state index contributed by atoms with van der Waals surface area (Å²) in [6.45, 7) is 1.60. The molecule has 5 nitrogen and oxygen atoms in total. The molecule has 0 aliphatic carbocycles. The summed E-state index contributed by atoms with van der Waals surface area (Å²) in [6.07, 6.45) is 0. The molecule has 2 aromatic rings. The van der Waals surface area contributed by atoms with E-state index in [1.54, 1.807) is 31.2 Å². The van der Waals surface area contributed by atoms with Crippen molar-refractivity contribution in [3.8, 4) is 0 Å². The van der Waals surface area contributed by atoms with Crippen molar-refractivity contribution in [2.45, 2.75) is 6.92 Å². The smallest absolute Gasteiger partial charge is 0.258 e. The van der Waals surface area contributed by atoms with E-state index < -0.39 is 11.9 Å². The average molecular weight is 382 g/mol. The highest BCUT2D eigenvalue weighted by atomic mass is 35.5. The van der Waals surface area contributed by atoms with Crippen LogP contribution in [0.2, 0.25) is 10.0 Å². The van der Waals surface area contributed by atoms with E-state index >= 15 is 0 Å². The Balaban J connectivity index is 2.14. The van der Waals surface area contributed by atoms with Crippen molar-refractivity contribution in [2.75, 3.05) is 5.32 Å². The number of carboxylic acid groups (broad SMARTS) is 1. The molecule has 2 rings (SSSR count). The molecule has 0 radical (unpaired) electrons. The first kappa shape index (κ1) is 18.2. The first-order chi connectivity index (χ1) is 11.3. The number of nitrogens with one attached hydrogen (secondary N) is 2. The molecule has 2 N–H and O–H groups in total. The van der Waals surface area contributed by atoms with Gasteiger partial charge in [0.15, 0.2) is 5.11 Å². The van der Waals surface area contributed by atoms with Gasteiger partial charge in [0.1, 0.15) is 0 Å². The Bertz CT molecular complexity index is 840. The Morgan fingerprint density at radius 3 is 2.38 bits per heavy atom. The Morgan fingerprint density at radius 2 is 1.71 bits per heavy atom. The minimum Gasteiger partial charge on any atom is -0.545 e. The lowest BCUT2D eigenvalue weighted by Gasteiger charge is -2.15. The molecule has 1 amide bonds. The summed E-state index contributed by atoms with van der Waals surface area (Å²) >= 11 is 16.9. The quantitative estimate of drug-likeness (QED) is 0.798. The lowest BCUT2D eigenvalue weighted by atomic mass is 10.1. The second-order valence-corrected chi connectivity index (χ2v) is 5.97. The number of amides is 1. The maximum Gasteiger partial charge on any atom is 0.258 e. The highest BCUT2D eigenvalue weighted by molar-refractivity contribution is 7.80. The van der Waals surface area contributed by atoms with Crippen LogP contribution in [0.1, 0.15) is 26.3 Å². The minimum absolute atomic E-state index is 0.00496. The van der Waals surface area contributed by atoms with Crippen molar-refractivity contribution in [1.29, 1.82) is 0 Å². The molecule has 0 saturated heterocycles.